The summed E-state index contributed by atoms with van der Waals surface area (Å²) in [5, 5.41) is 8.44. The predicted octanol–water partition coefficient (Wildman–Crippen LogP) is 0.219. The molecule has 110 valence electrons. The number of carbonyl (C=O) groups excluding carboxylic acids is 1. The summed E-state index contributed by atoms with van der Waals surface area (Å²) in [6.07, 6.45) is 1.50. The van der Waals surface area contributed by atoms with Crippen LogP contribution in [-0.4, -0.2) is 24.2 Å². The monoisotopic (exact) mass is 266 g/mol. The molecule has 0 rings (SSSR count). The van der Waals surface area contributed by atoms with Gasteiger partial charge in [-0.25, -0.2) is 0 Å². The van der Waals surface area contributed by atoms with Crippen LogP contribution >= 0.6 is 0 Å². The topological polar surface area (TPSA) is 63.6 Å². The minimum atomic E-state index is -0.722. The first-order chi connectivity index (χ1) is 7.55. The number of ether oxygens (including phenoxy) is 1. The van der Waals surface area contributed by atoms with E-state index in [1.807, 2.05) is 27.7 Å². The highest BCUT2D eigenvalue weighted by Crippen LogP contribution is 2.20. The van der Waals surface area contributed by atoms with E-state index in [1.165, 1.54) is 7.11 Å². The summed E-state index contributed by atoms with van der Waals surface area (Å²) in [6, 6.07) is 0. The van der Waals surface area contributed by atoms with E-state index in [0.29, 0.717) is 6.42 Å². The van der Waals surface area contributed by atoms with Gasteiger partial charge in [0.05, 0.1) is 17.9 Å². The summed E-state index contributed by atoms with van der Waals surface area (Å²) >= 11 is 0. The van der Waals surface area contributed by atoms with Crippen LogP contribution in [0.1, 0.15) is 55.8 Å². The largest absolute Gasteiger partial charge is 1.00 e. The molecular weight excluding hydrogens is 239 g/mol. The first kappa shape index (κ1) is 22.1. The zero-order valence-corrected chi connectivity index (χ0v) is 12.5. The summed E-state index contributed by atoms with van der Waals surface area (Å²) in [7, 11) is 1.42. The Bertz CT molecular complexity index is 265. The second-order valence-electron chi connectivity index (χ2n) is 5.27. The Hall–Kier alpha value is -1.13. The van der Waals surface area contributed by atoms with Crippen molar-refractivity contribution in [1.82, 2.24) is 0 Å². The van der Waals surface area contributed by atoms with Crippen LogP contribution in [-0.2, 0) is 14.3 Å². The van der Waals surface area contributed by atoms with E-state index in [0.717, 1.165) is 6.42 Å². The standard InChI is InChI=1S/C7H14O2.C6H12O2.FH/c1-5-7(2,3)6(8)9-4;1-4-6(2,3)5(7)8;/h5H2,1-4H3;4H2,1-3H3,(H,7,8);1H. The van der Waals surface area contributed by atoms with Gasteiger partial charge < -0.3 is 14.5 Å². The maximum absolute atomic E-state index is 10.8. The highest BCUT2D eigenvalue weighted by molar-refractivity contribution is 5.75. The van der Waals surface area contributed by atoms with Crippen LogP contribution < -0.4 is 4.70 Å². The first-order valence-electron chi connectivity index (χ1n) is 5.87. The van der Waals surface area contributed by atoms with E-state index >= 15 is 0 Å². The Labute approximate surface area is 111 Å². The van der Waals surface area contributed by atoms with Gasteiger partial charge in [-0.15, -0.1) is 0 Å². The first-order valence-corrected chi connectivity index (χ1v) is 5.87. The summed E-state index contributed by atoms with van der Waals surface area (Å²) in [6.45, 7) is 11.0. The summed E-state index contributed by atoms with van der Waals surface area (Å²) in [5.41, 5.74) is -0.852. The lowest BCUT2D eigenvalue weighted by Gasteiger charge is -2.17. The molecule has 0 aromatic rings. The third kappa shape index (κ3) is 8.03. The number of methoxy groups -OCH3 is 1. The molecule has 0 aliphatic carbocycles. The molecule has 0 aliphatic heterocycles. The maximum atomic E-state index is 10.8. The van der Waals surface area contributed by atoms with Gasteiger partial charge in [-0.3, -0.25) is 9.59 Å². The van der Waals surface area contributed by atoms with Crippen molar-refractivity contribution in [2.24, 2.45) is 10.8 Å². The molecule has 0 unspecified atom stereocenters. The average molecular weight is 266 g/mol. The third-order valence-corrected chi connectivity index (χ3v) is 3.08. The van der Waals surface area contributed by atoms with Gasteiger partial charge in [0.2, 0.25) is 0 Å². The number of carbonyl (C=O) groups is 2. The van der Waals surface area contributed by atoms with Gasteiger partial charge in [0.25, 0.3) is 0 Å². The molecule has 1 N–H and O–H groups in total. The minimum Gasteiger partial charge on any atom is -1.00 e. The van der Waals surface area contributed by atoms with E-state index < -0.39 is 11.4 Å². The molecule has 4 nitrogen and oxygen atoms in total. The SMILES string of the molecule is CCC(C)(C)C(=O)O.CCC(C)(C)C(=O)OC.[F-].[H+]. The van der Waals surface area contributed by atoms with Crippen LogP contribution in [0.3, 0.4) is 0 Å². The second-order valence-corrected chi connectivity index (χ2v) is 5.27. The Kier molecular flexibility index (Phi) is 10.9. The molecule has 18 heavy (non-hydrogen) atoms. The van der Waals surface area contributed by atoms with E-state index in [1.54, 1.807) is 13.8 Å². The minimum absolute atomic E-state index is 0. The lowest BCUT2D eigenvalue weighted by atomic mass is 9.91. The quantitative estimate of drug-likeness (QED) is 0.739. The molecular formula is C13H27FO4. The van der Waals surface area contributed by atoms with Gasteiger partial charge >= 0.3 is 13.4 Å². The fourth-order valence-corrected chi connectivity index (χ4v) is 0.572. The number of aliphatic carboxylic acids is 1. The van der Waals surface area contributed by atoms with Crippen molar-refractivity contribution in [1.29, 1.82) is 0 Å². The van der Waals surface area contributed by atoms with Crippen LogP contribution in [0.2, 0.25) is 0 Å². The molecule has 0 amide bonds. The summed E-state index contributed by atoms with van der Waals surface area (Å²) in [5.74, 6) is -0.856. The zero-order valence-electron chi connectivity index (χ0n) is 13.5. The highest BCUT2D eigenvalue weighted by atomic mass is 19.0. The molecule has 0 radical (unpaired) electrons. The lowest BCUT2D eigenvalue weighted by Crippen LogP contribution is -3.00. The Morgan fingerprint density at radius 3 is 1.44 bits per heavy atom. The van der Waals surface area contributed by atoms with Crippen LogP contribution in [0.4, 0.5) is 0 Å². The van der Waals surface area contributed by atoms with E-state index in [2.05, 4.69) is 4.74 Å². The Balaban J connectivity index is -0.000000108. The van der Waals surface area contributed by atoms with Gasteiger partial charge in [-0.1, -0.05) is 13.8 Å². The third-order valence-electron chi connectivity index (χ3n) is 3.08. The fourth-order valence-electron chi connectivity index (χ4n) is 0.572. The molecule has 0 spiro atoms. The summed E-state index contributed by atoms with van der Waals surface area (Å²) < 4.78 is 4.57. The molecule has 0 aromatic heterocycles. The van der Waals surface area contributed by atoms with Gasteiger partial charge in [0, 0.05) is 0 Å². The van der Waals surface area contributed by atoms with Gasteiger partial charge in [0.15, 0.2) is 0 Å². The number of hydrogen-bond acceptors (Lipinski definition) is 3. The molecule has 5 heteroatoms. The molecule has 0 atom stereocenters. The molecule has 0 fully saturated rings. The van der Waals surface area contributed by atoms with Crippen molar-refractivity contribution in [3.8, 4) is 0 Å². The van der Waals surface area contributed by atoms with Crippen LogP contribution in [0.15, 0.2) is 0 Å². The Morgan fingerprint density at radius 2 is 1.39 bits per heavy atom. The molecule has 0 saturated carbocycles. The highest BCUT2D eigenvalue weighted by Gasteiger charge is 2.25. The Morgan fingerprint density at radius 1 is 1.06 bits per heavy atom. The van der Waals surface area contributed by atoms with Gasteiger partial charge in [-0.2, -0.15) is 0 Å². The maximum Gasteiger partial charge on any atom is 1.00 e. The van der Waals surface area contributed by atoms with Crippen molar-refractivity contribution in [3.63, 3.8) is 0 Å². The van der Waals surface area contributed by atoms with Crippen LogP contribution in [0.5, 0.6) is 0 Å². The van der Waals surface area contributed by atoms with Crippen molar-refractivity contribution >= 4 is 11.9 Å². The van der Waals surface area contributed by atoms with Crippen LogP contribution in [0.25, 0.3) is 0 Å². The van der Waals surface area contributed by atoms with Crippen molar-refractivity contribution < 1.29 is 25.6 Å². The molecule has 0 aromatic carbocycles. The molecule has 0 saturated heterocycles. The smallest absolute Gasteiger partial charge is 1.00 e. The normalized spacial score (nSPS) is 10.6. The van der Waals surface area contributed by atoms with Gasteiger partial charge in [0.1, 0.15) is 0 Å². The van der Waals surface area contributed by atoms with Gasteiger partial charge in [-0.05, 0) is 40.5 Å². The number of esters is 1. The molecule has 0 bridgehead atoms. The van der Waals surface area contributed by atoms with E-state index in [4.69, 9.17) is 5.11 Å². The van der Waals surface area contributed by atoms with Crippen LogP contribution in [0, 0.1) is 10.8 Å². The summed E-state index contributed by atoms with van der Waals surface area (Å²) in [4.78, 5) is 21.1. The predicted molar refractivity (Wildman–Crippen MR) is 68.9 cm³/mol. The second kappa shape index (κ2) is 8.89. The number of rotatable bonds is 4. The lowest BCUT2D eigenvalue weighted by molar-refractivity contribution is -0.151. The number of carboxylic acid groups (broad SMARTS) is 1. The van der Waals surface area contributed by atoms with E-state index in [-0.39, 0.29) is 17.5 Å². The van der Waals surface area contributed by atoms with Crippen molar-refractivity contribution in [2.75, 3.05) is 7.11 Å². The zero-order chi connectivity index (χ0) is 14.3. The molecule has 0 aliphatic rings. The average Bonchev–Trinajstić information content (AvgIpc) is 2.28. The number of hydrogen-bond donors (Lipinski definition) is 1. The number of carboxylic acids is 1. The van der Waals surface area contributed by atoms with Crippen molar-refractivity contribution in [2.45, 2.75) is 54.4 Å². The van der Waals surface area contributed by atoms with E-state index in [9.17, 15) is 9.59 Å². The molecule has 0 heterocycles. The van der Waals surface area contributed by atoms with Crippen molar-refractivity contribution in [3.05, 3.63) is 0 Å². The number of halogens is 1. The fraction of sp³-hybridized carbons (Fsp3) is 0.846.